The first-order chi connectivity index (χ1) is 10.4. The summed E-state index contributed by atoms with van der Waals surface area (Å²) in [5.41, 5.74) is 5.00. The zero-order chi connectivity index (χ0) is 17.5. The molecule has 0 saturated heterocycles. The van der Waals surface area contributed by atoms with E-state index in [1.165, 1.54) is 16.7 Å². The Morgan fingerprint density at radius 2 is 1.43 bits per heavy atom. The van der Waals surface area contributed by atoms with Gasteiger partial charge in [-0.2, -0.15) is 0 Å². The first kappa shape index (κ1) is 18.3. The van der Waals surface area contributed by atoms with Crippen molar-refractivity contribution in [2.75, 3.05) is 18.8 Å². The molecule has 0 atom stereocenters. The van der Waals surface area contributed by atoms with Crippen molar-refractivity contribution in [3.05, 3.63) is 53.7 Å². The zero-order valence-electron chi connectivity index (χ0n) is 15.9. The molecule has 1 nitrogen and oxygen atoms in total. The monoisotopic (exact) mass is 323 g/mol. The summed E-state index contributed by atoms with van der Waals surface area (Å²) in [5.74, 6) is 0. The van der Waals surface area contributed by atoms with Crippen LogP contribution in [0.5, 0.6) is 0 Å². The molecular formula is C18H28B3NS. The molecule has 1 aromatic carbocycles. The fourth-order valence-corrected chi connectivity index (χ4v) is 3.29. The summed E-state index contributed by atoms with van der Waals surface area (Å²) in [6, 6.07) is 13.3. The van der Waals surface area contributed by atoms with E-state index in [-0.39, 0.29) is 9.86 Å². The molecule has 0 aliphatic carbocycles. The average molecular weight is 323 g/mol. The smallest absolute Gasteiger partial charge is 0.115 e. The van der Waals surface area contributed by atoms with Crippen LogP contribution < -0.4 is 0 Å². The Bertz CT molecular complexity index is 683. The second-order valence-electron chi connectivity index (χ2n) is 8.60. The minimum Gasteiger partial charge on any atom is -0.256 e. The number of aromatic nitrogens is 1. The lowest BCUT2D eigenvalue weighted by atomic mass is 9.65. The largest absolute Gasteiger partial charge is 0.256 e. The lowest BCUT2D eigenvalue weighted by Gasteiger charge is -2.45. The van der Waals surface area contributed by atoms with E-state index >= 15 is 0 Å². The third-order valence-electron chi connectivity index (χ3n) is 5.03. The number of rotatable bonds is 4. The van der Waals surface area contributed by atoms with Crippen LogP contribution in [0.15, 0.2) is 42.6 Å². The van der Waals surface area contributed by atoms with Gasteiger partial charge in [-0.1, -0.05) is 43.7 Å². The van der Waals surface area contributed by atoms with Crippen molar-refractivity contribution in [1.82, 2.24) is 4.98 Å². The van der Waals surface area contributed by atoms with Gasteiger partial charge in [0.25, 0.3) is 0 Å². The van der Waals surface area contributed by atoms with Crippen LogP contribution in [-0.2, 0) is 9.86 Å². The molecule has 0 aliphatic heterocycles. The number of hydrogen-bond acceptors (Lipinski definition) is 1. The van der Waals surface area contributed by atoms with E-state index in [0.29, 0.717) is 0 Å². The highest BCUT2D eigenvalue weighted by Crippen LogP contribution is 2.52. The highest BCUT2D eigenvalue weighted by Gasteiger charge is 2.30. The first-order valence-corrected chi connectivity index (χ1v) is 11.0. The van der Waals surface area contributed by atoms with E-state index in [0.717, 1.165) is 5.69 Å². The topological polar surface area (TPSA) is 12.9 Å². The molecule has 0 fully saturated rings. The van der Waals surface area contributed by atoms with Gasteiger partial charge in [0, 0.05) is 11.8 Å². The van der Waals surface area contributed by atoms with Crippen molar-refractivity contribution in [1.29, 1.82) is 0 Å². The minimum absolute atomic E-state index is 0.177. The lowest BCUT2D eigenvalue weighted by Crippen LogP contribution is -2.32. The normalized spacial score (nSPS) is 13.8. The van der Waals surface area contributed by atoms with Gasteiger partial charge in [-0.15, -0.1) is 0 Å². The SMILES string of the molecule is BC(C)(C)c1ccc(-c2cc(C(B)(B)S(C)(C)C)ccn2)cc1. The second-order valence-corrected chi connectivity index (χ2v) is 13.3. The summed E-state index contributed by atoms with van der Waals surface area (Å²) in [6.07, 6.45) is 9.09. The molecule has 120 valence electrons. The molecule has 0 unspecified atom stereocenters. The van der Waals surface area contributed by atoms with Gasteiger partial charge in [-0.05, 0) is 46.3 Å². The molecule has 0 aliphatic rings. The Hall–Kier alpha value is -1.09. The Morgan fingerprint density at radius 3 is 1.91 bits per heavy atom. The van der Waals surface area contributed by atoms with Crippen molar-refractivity contribution in [3.8, 4) is 11.3 Å². The van der Waals surface area contributed by atoms with Crippen molar-refractivity contribution in [3.63, 3.8) is 0 Å². The maximum absolute atomic E-state index is 4.61. The van der Waals surface area contributed by atoms with Crippen molar-refractivity contribution < 1.29 is 0 Å². The molecule has 0 amide bonds. The van der Waals surface area contributed by atoms with E-state index in [1.54, 1.807) is 0 Å². The first-order valence-electron chi connectivity index (χ1n) is 8.18. The lowest BCUT2D eigenvalue weighted by molar-refractivity contribution is 0.764. The molecular weight excluding hydrogens is 295 g/mol. The van der Waals surface area contributed by atoms with Crippen LogP contribution in [0, 0.1) is 0 Å². The van der Waals surface area contributed by atoms with Crippen molar-refractivity contribution >= 4 is 33.6 Å². The predicted octanol–water partition coefficient (Wildman–Crippen LogP) is 1.69. The molecule has 2 rings (SSSR count). The minimum atomic E-state index is -0.708. The zero-order valence-corrected chi connectivity index (χ0v) is 16.7. The van der Waals surface area contributed by atoms with Crippen LogP contribution in [-0.4, -0.2) is 47.3 Å². The van der Waals surface area contributed by atoms with E-state index in [2.05, 4.69) is 97.5 Å². The van der Waals surface area contributed by atoms with Gasteiger partial charge >= 0.3 is 0 Å². The molecule has 0 saturated carbocycles. The molecule has 23 heavy (non-hydrogen) atoms. The summed E-state index contributed by atoms with van der Waals surface area (Å²) >= 11 is 0. The predicted molar refractivity (Wildman–Crippen MR) is 115 cm³/mol. The van der Waals surface area contributed by atoms with Gasteiger partial charge in [-0.3, -0.25) is 15.0 Å². The average Bonchev–Trinajstić information content (AvgIpc) is 2.45. The fraction of sp³-hybridized carbons (Fsp3) is 0.389. The van der Waals surface area contributed by atoms with E-state index < -0.39 is 10.0 Å². The highest BCUT2D eigenvalue weighted by molar-refractivity contribution is 8.34. The van der Waals surface area contributed by atoms with Crippen LogP contribution in [0.1, 0.15) is 25.0 Å². The maximum atomic E-state index is 4.61. The van der Waals surface area contributed by atoms with Crippen LogP contribution in [0.3, 0.4) is 0 Å². The second kappa shape index (κ2) is 6.09. The van der Waals surface area contributed by atoms with E-state index in [9.17, 15) is 0 Å². The molecule has 0 bridgehead atoms. The van der Waals surface area contributed by atoms with Gasteiger partial charge in [-0.25, -0.2) is 0 Å². The summed E-state index contributed by atoms with van der Waals surface area (Å²) in [6.45, 7) is 4.49. The number of hydrogen-bond donors (Lipinski definition) is 0. The van der Waals surface area contributed by atoms with Crippen LogP contribution >= 0.6 is 10.0 Å². The third kappa shape index (κ3) is 3.88. The van der Waals surface area contributed by atoms with Gasteiger partial charge in [0.1, 0.15) is 23.5 Å². The van der Waals surface area contributed by atoms with Gasteiger partial charge in [0.15, 0.2) is 0 Å². The maximum Gasteiger partial charge on any atom is 0.115 e. The molecule has 0 radical (unpaired) electrons. The number of pyridine rings is 1. The molecule has 2 aromatic rings. The van der Waals surface area contributed by atoms with Gasteiger partial charge in [0.2, 0.25) is 0 Å². The Balaban J connectivity index is 2.41. The molecule has 1 aromatic heterocycles. The van der Waals surface area contributed by atoms with Gasteiger partial charge in [0.05, 0.1) is 5.69 Å². The van der Waals surface area contributed by atoms with E-state index in [4.69, 9.17) is 0 Å². The Kier molecular flexibility index (Phi) is 4.83. The summed E-state index contributed by atoms with van der Waals surface area (Å²) in [4.78, 5) is 4.61. The summed E-state index contributed by atoms with van der Waals surface area (Å²) in [5, 5.41) is 0.186. The van der Waals surface area contributed by atoms with E-state index in [1.807, 2.05) is 6.20 Å². The van der Waals surface area contributed by atoms with Crippen molar-refractivity contribution in [2.24, 2.45) is 0 Å². The number of nitrogens with zero attached hydrogens (tertiary/aromatic N) is 1. The Morgan fingerprint density at radius 1 is 0.870 bits per heavy atom. The van der Waals surface area contributed by atoms with Crippen LogP contribution in [0.25, 0.3) is 11.3 Å². The Labute approximate surface area is 146 Å². The summed E-state index contributed by atoms with van der Waals surface area (Å²) in [7, 11) is 6.24. The van der Waals surface area contributed by atoms with Gasteiger partial charge < -0.3 is 0 Å². The van der Waals surface area contributed by atoms with Crippen molar-refractivity contribution in [2.45, 2.75) is 23.7 Å². The third-order valence-corrected chi connectivity index (χ3v) is 8.33. The highest BCUT2D eigenvalue weighted by atomic mass is 32.3. The number of benzene rings is 1. The van der Waals surface area contributed by atoms with Crippen LogP contribution in [0.4, 0.5) is 0 Å². The fourth-order valence-electron chi connectivity index (χ4n) is 2.46. The molecule has 0 spiro atoms. The quantitative estimate of drug-likeness (QED) is 0.781. The molecule has 5 heteroatoms. The van der Waals surface area contributed by atoms with Crippen LogP contribution in [0.2, 0.25) is 0 Å². The molecule has 0 N–H and O–H groups in total. The standard InChI is InChI=1S/C18H28B3NS/c1-17(2,19)14-8-6-13(7-9-14)16-12-15(10-11-22-16)18(20,21)23(3,4)5/h6-12H,19-21H2,1-5H3. The molecule has 1 heterocycles. The summed E-state index contributed by atoms with van der Waals surface area (Å²) < 4.78 is 0.177.